The summed E-state index contributed by atoms with van der Waals surface area (Å²) in [7, 11) is 0. The molecule has 2 atom stereocenters. The molecule has 1 unspecified atom stereocenters. The van der Waals surface area contributed by atoms with Crippen molar-refractivity contribution >= 4 is 27.8 Å². The first-order chi connectivity index (χ1) is 18.8. The lowest BCUT2D eigenvalue weighted by atomic mass is 10.0. The topological polar surface area (TPSA) is 86.9 Å². The second-order valence-corrected chi connectivity index (χ2v) is 9.55. The molecule has 0 aliphatic carbocycles. The van der Waals surface area contributed by atoms with Crippen LogP contribution in [-0.2, 0) is 10.9 Å². The molecule has 39 heavy (non-hydrogen) atoms. The van der Waals surface area contributed by atoms with Crippen molar-refractivity contribution in [2.75, 3.05) is 11.9 Å². The average Bonchev–Trinajstić information content (AvgIpc) is 3.38. The van der Waals surface area contributed by atoms with E-state index in [1.165, 1.54) is 23.0 Å². The molecule has 1 N–H and O–H groups in total. The molecule has 4 heterocycles. The Balaban J connectivity index is 1.47. The lowest BCUT2D eigenvalue weighted by molar-refractivity contribution is -0.136. The predicted molar refractivity (Wildman–Crippen MR) is 141 cm³/mol. The van der Waals surface area contributed by atoms with Crippen LogP contribution >= 0.6 is 0 Å². The fraction of sp³-hybridized carbons (Fsp3) is 0.286. The maximum absolute atomic E-state index is 13.9. The molecule has 0 amide bonds. The monoisotopic (exact) mass is 534 g/mol. The summed E-state index contributed by atoms with van der Waals surface area (Å²) in [6.07, 6.45) is 1.20. The van der Waals surface area contributed by atoms with Crippen LogP contribution in [-0.4, -0.2) is 30.7 Å². The van der Waals surface area contributed by atoms with Gasteiger partial charge in [0.25, 0.3) is 5.56 Å². The quantitative estimate of drug-likeness (QED) is 0.297. The van der Waals surface area contributed by atoms with E-state index in [0.717, 1.165) is 25.3 Å². The fourth-order valence-corrected chi connectivity index (χ4v) is 5.17. The van der Waals surface area contributed by atoms with Crippen molar-refractivity contribution < 1.29 is 17.9 Å². The van der Waals surface area contributed by atoms with Crippen molar-refractivity contribution in [2.24, 2.45) is 0 Å². The molecule has 0 spiro atoms. The number of alkyl halides is 3. The molecule has 1 fully saturated rings. The number of imidazole rings is 1. The molecule has 0 bridgehead atoms. The number of hydrogen-bond acceptors (Lipinski definition) is 6. The third-order valence-electron chi connectivity index (χ3n) is 7.02. The zero-order valence-corrected chi connectivity index (χ0v) is 21.0. The molecular weight excluding hydrogens is 509 g/mol. The number of para-hydroxylation sites is 1. The van der Waals surface area contributed by atoms with Crippen LogP contribution in [0.2, 0.25) is 0 Å². The van der Waals surface area contributed by atoms with Gasteiger partial charge in [-0.25, -0.2) is 15.0 Å². The smallest absolute Gasteiger partial charge is 0.360 e. The van der Waals surface area contributed by atoms with Gasteiger partial charge >= 0.3 is 6.18 Å². The van der Waals surface area contributed by atoms with Crippen LogP contribution in [0.25, 0.3) is 27.6 Å². The van der Waals surface area contributed by atoms with Crippen LogP contribution < -0.4 is 10.9 Å². The van der Waals surface area contributed by atoms with Crippen molar-refractivity contribution in [3.63, 3.8) is 0 Å². The molecule has 1 aliphatic heterocycles. The molecule has 0 saturated carbocycles. The molecule has 1 aliphatic rings. The van der Waals surface area contributed by atoms with Gasteiger partial charge in [0, 0.05) is 18.0 Å². The number of ether oxygens (including phenoxy) is 1. The average molecular weight is 535 g/mol. The Labute approximate surface area is 221 Å². The number of pyridine rings is 1. The number of aromatic nitrogens is 5. The number of nitrogens with one attached hydrogen (secondary N) is 1. The molecule has 2 aromatic carbocycles. The molecule has 200 valence electrons. The van der Waals surface area contributed by atoms with E-state index in [0.29, 0.717) is 35.0 Å². The lowest BCUT2D eigenvalue weighted by Crippen LogP contribution is -2.27. The SMILES string of the molecule is C[C@H](Nc1ncnc2c1ncn2C1CCCCO1)c1cc2cccc(C(F)(F)F)c2c(=O)n1-c1ccccc1. The number of rotatable bonds is 5. The predicted octanol–water partition coefficient (Wildman–Crippen LogP) is 6.02. The van der Waals surface area contributed by atoms with Crippen molar-refractivity contribution in [3.05, 3.63) is 88.9 Å². The Morgan fingerprint density at radius 3 is 2.62 bits per heavy atom. The molecule has 5 aromatic rings. The maximum atomic E-state index is 13.9. The molecular formula is C28H25F3N6O2. The number of fused-ring (bicyclic) bond motifs is 2. The minimum absolute atomic E-state index is 0.157. The minimum Gasteiger partial charge on any atom is -0.360 e. The second-order valence-electron chi connectivity index (χ2n) is 9.55. The number of hydrogen-bond donors (Lipinski definition) is 1. The van der Waals surface area contributed by atoms with Crippen molar-refractivity contribution in [2.45, 2.75) is 44.6 Å². The van der Waals surface area contributed by atoms with Crippen LogP contribution in [0.5, 0.6) is 0 Å². The van der Waals surface area contributed by atoms with Crippen LogP contribution in [0, 0.1) is 0 Å². The molecule has 8 nitrogen and oxygen atoms in total. The Kier molecular flexibility index (Phi) is 6.30. The lowest BCUT2D eigenvalue weighted by Gasteiger charge is -2.24. The van der Waals surface area contributed by atoms with Crippen LogP contribution in [0.3, 0.4) is 0 Å². The first kappa shape index (κ1) is 25.1. The van der Waals surface area contributed by atoms with Gasteiger partial charge in [0.2, 0.25) is 0 Å². The van der Waals surface area contributed by atoms with Gasteiger partial charge < -0.3 is 10.1 Å². The summed E-state index contributed by atoms with van der Waals surface area (Å²) in [6.45, 7) is 2.50. The van der Waals surface area contributed by atoms with Gasteiger partial charge in [0.1, 0.15) is 12.6 Å². The van der Waals surface area contributed by atoms with Crippen LogP contribution in [0.15, 0.2) is 72.0 Å². The van der Waals surface area contributed by atoms with Gasteiger partial charge in [0.05, 0.1) is 23.3 Å². The first-order valence-electron chi connectivity index (χ1n) is 12.7. The Morgan fingerprint density at radius 2 is 1.87 bits per heavy atom. The van der Waals surface area contributed by atoms with Crippen molar-refractivity contribution in [1.82, 2.24) is 24.1 Å². The molecule has 3 aromatic heterocycles. The van der Waals surface area contributed by atoms with Gasteiger partial charge in [-0.15, -0.1) is 0 Å². The molecule has 1 saturated heterocycles. The van der Waals surface area contributed by atoms with Crippen LogP contribution in [0.4, 0.5) is 19.0 Å². The minimum atomic E-state index is -4.67. The summed E-state index contributed by atoms with van der Waals surface area (Å²) >= 11 is 0. The molecule has 6 rings (SSSR count). The van der Waals surface area contributed by atoms with E-state index in [9.17, 15) is 18.0 Å². The van der Waals surface area contributed by atoms with E-state index in [1.54, 1.807) is 42.7 Å². The molecule has 0 radical (unpaired) electrons. The Hall–Kier alpha value is -4.25. The van der Waals surface area contributed by atoms with E-state index in [4.69, 9.17) is 4.74 Å². The summed E-state index contributed by atoms with van der Waals surface area (Å²) in [6, 6.07) is 13.5. The highest BCUT2D eigenvalue weighted by Crippen LogP contribution is 2.35. The first-order valence-corrected chi connectivity index (χ1v) is 12.7. The van der Waals surface area contributed by atoms with Crippen molar-refractivity contribution in [3.8, 4) is 5.69 Å². The highest BCUT2D eigenvalue weighted by atomic mass is 19.4. The summed E-state index contributed by atoms with van der Waals surface area (Å²) < 4.78 is 50.7. The zero-order valence-electron chi connectivity index (χ0n) is 21.0. The highest BCUT2D eigenvalue weighted by molar-refractivity contribution is 5.87. The van der Waals surface area contributed by atoms with E-state index < -0.39 is 23.3 Å². The van der Waals surface area contributed by atoms with Gasteiger partial charge in [-0.1, -0.05) is 30.3 Å². The Morgan fingerprint density at radius 1 is 1.05 bits per heavy atom. The normalized spacial score (nSPS) is 17.0. The molecule has 11 heteroatoms. The Bertz CT molecular complexity index is 1710. The number of benzene rings is 2. The van der Waals surface area contributed by atoms with Gasteiger partial charge in [-0.3, -0.25) is 13.9 Å². The maximum Gasteiger partial charge on any atom is 0.417 e. The second kappa shape index (κ2) is 9.81. The summed E-state index contributed by atoms with van der Waals surface area (Å²) in [4.78, 5) is 27.1. The van der Waals surface area contributed by atoms with Crippen LogP contribution in [0.1, 0.15) is 49.7 Å². The van der Waals surface area contributed by atoms with E-state index in [2.05, 4.69) is 20.3 Å². The van der Waals surface area contributed by atoms with E-state index >= 15 is 0 Å². The third-order valence-corrected chi connectivity index (χ3v) is 7.02. The summed E-state index contributed by atoms with van der Waals surface area (Å²) in [5, 5.41) is 3.15. The van der Waals surface area contributed by atoms with Crippen molar-refractivity contribution in [1.29, 1.82) is 0 Å². The summed E-state index contributed by atoms with van der Waals surface area (Å²) in [5.41, 5.74) is 0.362. The highest BCUT2D eigenvalue weighted by Gasteiger charge is 2.34. The third kappa shape index (κ3) is 4.52. The zero-order chi connectivity index (χ0) is 27.1. The van der Waals surface area contributed by atoms with Gasteiger partial charge in [-0.05, 0) is 55.8 Å². The van der Waals surface area contributed by atoms with Gasteiger partial charge in [-0.2, -0.15) is 13.2 Å². The van der Waals surface area contributed by atoms with Gasteiger partial charge in [0.15, 0.2) is 17.0 Å². The number of nitrogens with zero attached hydrogens (tertiary/aromatic N) is 5. The van der Waals surface area contributed by atoms with E-state index in [-0.39, 0.29) is 17.0 Å². The number of halogens is 3. The fourth-order valence-electron chi connectivity index (χ4n) is 5.17. The number of anilines is 1. The summed E-state index contributed by atoms with van der Waals surface area (Å²) in [5.74, 6) is 0.443. The standard InChI is InChI=1S/C28H25F3N6O2/c1-17(35-25-24-26(33-15-32-25)36(16-34-24)22-12-5-6-13-39-22)21-14-18-8-7-11-20(28(29,30)31)23(18)27(38)37(21)19-9-3-2-4-10-19/h2-4,7-11,14-17,22H,5-6,12-13H2,1H3,(H,32,33,35)/t17-,22?/m0/s1. The largest absolute Gasteiger partial charge is 0.417 e. The van der Waals surface area contributed by atoms with E-state index in [1.807, 2.05) is 11.5 Å².